The van der Waals surface area contributed by atoms with Crippen molar-refractivity contribution in [2.45, 2.75) is 20.8 Å². The maximum Gasteiger partial charge on any atom is 0.338 e. The molecule has 0 heterocycles. The van der Waals surface area contributed by atoms with Gasteiger partial charge in [0.15, 0.2) is 6.61 Å². The van der Waals surface area contributed by atoms with Crippen LogP contribution in [0, 0.1) is 12.8 Å². The molecule has 0 atom stereocenters. The van der Waals surface area contributed by atoms with E-state index in [1.54, 1.807) is 43.3 Å². The van der Waals surface area contributed by atoms with Gasteiger partial charge in [0.25, 0.3) is 5.91 Å². The lowest BCUT2D eigenvalue weighted by atomic mass is 10.1. The van der Waals surface area contributed by atoms with Crippen molar-refractivity contribution >= 4 is 23.5 Å². The Kier molecular flexibility index (Phi) is 7.77. The van der Waals surface area contributed by atoms with Crippen molar-refractivity contribution in [3.05, 3.63) is 59.2 Å². The second kappa shape index (κ2) is 10.3. The topological polar surface area (TPSA) is 90.9 Å². The number of ether oxygens (including phenoxy) is 3. The van der Waals surface area contributed by atoms with Crippen LogP contribution in [0.4, 0.5) is 5.69 Å². The van der Waals surface area contributed by atoms with Crippen molar-refractivity contribution in [3.8, 4) is 5.75 Å². The van der Waals surface area contributed by atoms with Gasteiger partial charge in [-0.2, -0.15) is 0 Å². The molecule has 0 aliphatic rings. The summed E-state index contributed by atoms with van der Waals surface area (Å²) in [6, 6.07) is 11.3. The zero-order chi connectivity index (χ0) is 21.4. The zero-order valence-electron chi connectivity index (χ0n) is 17.0. The fourth-order valence-corrected chi connectivity index (χ4v) is 2.35. The highest BCUT2D eigenvalue weighted by molar-refractivity contribution is 5.97. The standard InChI is InChI=1S/C22H25NO6/c1-14(2)12-28-18-9-7-16(8-10-18)22(26)29-13-20(24)23-19-11-17(21(25)27-4)6-5-15(19)3/h5-11,14H,12-13H2,1-4H3,(H,23,24). The molecule has 7 heteroatoms. The van der Waals surface area contributed by atoms with Gasteiger partial charge in [-0.15, -0.1) is 0 Å². The summed E-state index contributed by atoms with van der Waals surface area (Å²) in [6.07, 6.45) is 0. The quantitative estimate of drug-likeness (QED) is 0.682. The molecule has 2 rings (SSSR count). The number of esters is 2. The van der Waals surface area contributed by atoms with Crippen LogP contribution in [0.15, 0.2) is 42.5 Å². The van der Waals surface area contributed by atoms with Crippen LogP contribution in [-0.4, -0.2) is 38.2 Å². The number of carbonyl (C=O) groups excluding carboxylic acids is 3. The first-order valence-electron chi connectivity index (χ1n) is 9.19. The number of amides is 1. The van der Waals surface area contributed by atoms with E-state index in [9.17, 15) is 14.4 Å². The van der Waals surface area contributed by atoms with Crippen LogP contribution in [0.5, 0.6) is 5.75 Å². The second-order valence-electron chi connectivity index (χ2n) is 6.87. The molecule has 0 bridgehead atoms. The van der Waals surface area contributed by atoms with Crippen molar-refractivity contribution in [3.63, 3.8) is 0 Å². The minimum absolute atomic E-state index is 0.310. The van der Waals surface area contributed by atoms with Gasteiger partial charge in [0.1, 0.15) is 5.75 Å². The molecule has 0 spiro atoms. The molecule has 0 aromatic heterocycles. The smallest absolute Gasteiger partial charge is 0.338 e. The summed E-state index contributed by atoms with van der Waals surface area (Å²) in [6.45, 7) is 6.01. The van der Waals surface area contributed by atoms with Gasteiger partial charge in [0.05, 0.1) is 24.8 Å². The number of aryl methyl sites for hydroxylation is 1. The number of anilines is 1. The molecular formula is C22H25NO6. The summed E-state index contributed by atoms with van der Waals surface area (Å²) in [5, 5.41) is 2.63. The second-order valence-corrected chi connectivity index (χ2v) is 6.87. The van der Waals surface area contributed by atoms with E-state index in [1.165, 1.54) is 13.2 Å². The first-order valence-corrected chi connectivity index (χ1v) is 9.19. The Balaban J connectivity index is 1.90. The molecule has 2 aromatic rings. The molecule has 0 radical (unpaired) electrons. The third kappa shape index (κ3) is 6.64. The maximum absolute atomic E-state index is 12.1. The molecular weight excluding hydrogens is 374 g/mol. The van der Waals surface area contributed by atoms with Crippen LogP contribution in [0.25, 0.3) is 0 Å². The van der Waals surface area contributed by atoms with E-state index in [0.29, 0.717) is 35.1 Å². The summed E-state index contributed by atoms with van der Waals surface area (Å²) < 4.78 is 15.3. The first kappa shape index (κ1) is 21.9. The monoisotopic (exact) mass is 399 g/mol. The third-order valence-electron chi connectivity index (χ3n) is 3.94. The van der Waals surface area contributed by atoms with E-state index in [4.69, 9.17) is 9.47 Å². The molecule has 0 saturated heterocycles. The lowest BCUT2D eigenvalue weighted by Gasteiger charge is -2.11. The van der Waals surface area contributed by atoms with Gasteiger partial charge in [0, 0.05) is 5.69 Å². The largest absolute Gasteiger partial charge is 0.493 e. The number of carbonyl (C=O) groups is 3. The van der Waals surface area contributed by atoms with E-state index in [0.717, 1.165) is 5.56 Å². The predicted molar refractivity (Wildman–Crippen MR) is 108 cm³/mol. The predicted octanol–water partition coefficient (Wildman–Crippen LogP) is 3.61. The molecule has 0 unspecified atom stereocenters. The number of methoxy groups -OCH3 is 1. The summed E-state index contributed by atoms with van der Waals surface area (Å²) in [5.74, 6) is -0.576. The molecule has 0 aliphatic heterocycles. The fraction of sp³-hybridized carbons (Fsp3) is 0.318. The average Bonchev–Trinajstić information content (AvgIpc) is 2.71. The van der Waals surface area contributed by atoms with Crippen LogP contribution < -0.4 is 10.1 Å². The Hall–Kier alpha value is -3.35. The van der Waals surface area contributed by atoms with Gasteiger partial charge in [-0.25, -0.2) is 9.59 Å². The van der Waals surface area contributed by atoms with Crippen molar-refractivity contribution < 1.29 is 28.6 Å². The van der Waals surface area contributed by atoms with Crippen molar-refractivity contribution in [2.75, 3.05) is 25.6 Å². The van der Waals surface area contributed by atoms with E-state index >= 15 is 0 Å². The molecule has 1 amide bonds. The molecule has 0 saturated carbocycles. The van der Waals surface area contributed by atoms with E-state index in [-0.39, 0.29) is 0 Å². The SMILES string of the molecule is COC(=O)c1ccc(C)c(NC(=O)COC(=O)c2ccc(OCC(C)C)cc2)c1. The Bertz CT molecular complexity index is 873. The lowest BCUT2D eigenvalue weighted by molar-refractivity contribution is -0.119. The summed E-state index contributed by atoms with van der Waals surface area (Å²) in [7, 11) is 1.28. The van der Waals surface area contributed by atoms with Crippen LogP contribution in [-0.2, 0) is 14.3 Å². The van der Waals surface area contributed by atoms with Crippen LogP contribution in [0.2, 0.25) is 0 Å². The van der Waals surface area contributed by atoms with Gasteiger partial charge in [0.2, 0.25) is 0 Å². The van der Waals surface area contributed by atoms with Gasteiger partial charge in [-0.05, 0) is 54.8 Å². The Morgan fingerprint density at radius 3 is 2.24 bits per heavy atom. The molecule has 7 nitrogen and oxygen atoms in total. The molecule has 29 heavy (non-hydrogen) atoms. The normalized spacial score (nSPS) is 10.4. The zero-order valence-corrected chi connectivity index (χ0v) is 17.0. The van der Waals surface area contributed by atoms with Crippen molar-refractivity contribution in [1.82, 2.24) is 0 Å². The van der Waals surface area contributed by atoms with Gasteiger partial charge in [-0.3, -0.25) is 4.79 Å². The van der Waals surface area contributed by atoms with Gasteiger partial charge < -0.3 is 19.5 Å². The third-order valence-corrected chi connectivity index (χ3v) is 3.94. The summed E-state index contributed by atoms with van der Waals surface area (Å²) >= 11 is 0. The molecule has 154 valence electrons. The van der Waals surface area contributed by atoms with Crippen molar-refractivity contribution in [1.29, 1.82) is 0 Å². The number of benzene rings is 2. The van der Waals surface area contributed by atoms with E-state index in [1.807, 2.05) is 13.8 Å². The van der Waals surface area contributed by atoms with Crippen LogP contribution >= 0.6 is 0 Å². The Morgan fingerprint density at radius 1 is 0.966 bits per heavy atom. The van der Waals surface area contributed by atoms with Gasteiger partial charge in [-0.1, -0.05) is 19.9 Å². The first-order chi connectivity index (χ1) is 13.8. The molecule has 1 N–H and O–H groups in total. The van der Waals surface area contributed by atoms with Crippen LogP contribution in [0.3, 0.4) is 0 Å². The average molecular weight is 399 g/mol. The van der Waals surface area contributed by atoms with Crippen molar-refractivity contribution in [2.24, 2.45) is 5.92 Å². The number of hydrogen-bond donors (Lipinski definition) is 1. The highest BCUT2D eigenvalue weighted by Crippen LogP contribution is 2.18. The lowest BCUT2D eigenvalue weighted by Crippen LogP contribution is -2.21. The van der Waals surface area contributed by atoms with Gasteiger partial charge >= 0.3 is 11.9 Å². The Labute approximate surface area is 170 Å². The number of rotatable bonds is 8. The summed E-state index contributed by atoms with van der Waals surface area (Å²) in [4.78, 5) is 35.9. The summed E-state index contributed by atoms with van der Waals surface area (Å²) in [5.41, 5.74) is 1.83. The Morgan fingerprint density at radius 2 is 1.62 bits per heavy atom. The maximum atomic E-state index is 12.1. The number of nitrogens with one attached hydrogen (secondary N) is 1. The minimum Gasteiger partial charge on any atom is -0.493 e. The fourth-order valence-electron chi connectivity index (χ4n) is 2.35. The number of hydrogen-bond acceptors (Lipinski definition) is 6. The van der Waals surface area contributed by atoms with E-state index < -0.39 is 24.5 Å². The van der Waals surface area contributed by atoms with Crippen LogP contribution in [0.1, 0.15) is 40.1 Å². The molecule has 0 fully saturated rings. The highest BCUT2D eigenvalue weighted by atomic mass is 16.5. The highest BCUT2D eigenvalue weighted by Gasteiger charge is 2.13. The van der Waals surface area contributed by atoms with E-state index in [2.05, 4.69) is 10.1 Å². The minimum atomic E-state index is -0.615. The molecule has 2 aromatic carbocycles. The molecule has 0 aliphatic carbocycles.